The van der Waals surface area contributed by atoms with Crippen molar-refractivity contribution in [3.63, 3.8) is 0 Å². The predicted octanol–water partition coefficient (Wildman–Crippen LogP) is 2.17. The van der Waals surface area contributed by atoms with E-state index in [0.717, 1.165) is 6.42 Å². The molecule has 5 heteroatoms. The van der Waals surface area contributed by atoms with Crippen LogP contribution in [-0.4, -0.2) is 43.4 Å². The summed E-state index contributed by atoms with van der Waals surface area (Å²) in [5.74, 6) is 0.651. The average Bonchev–Trinajstić information content (AvgIpc) is 2.52. The van der Waals surface area contributed by atoms with E-state index in [1.165, 1.54) is 5.56 Å². The van der Waals surface area contributed by atoms with E-state index in [9.17, 15) is 4.79 Å². The van der Waals surface area contributed by atoms with Crippen LogP contribution in [0.4, 0.5) is 0 Å². The lowest BCUT2D eigenvalue weighted by atomic mass is 10.1. The number of benzene rings is 1. The Hall–Kier alpha value is -2.04. The Labute approximate surface area is 133 Å². The minimum atomic E-state index is -0.0161. The maximum atomic E-state index is 11.7. The molecule has 0 aliphatic rings. The molecule has 1 aromatic carbocycles. The lowest BCUT2D eigenvalue weighted by Crippen LogP contribution is -2.43. The lowest BCUT2D eigenvalue weighted by molar-refractivity contribution is -0.127. The van der Waals surface area contributed by atoms with E-state index < -0.39 is 0 Å². The summed E-state index contributed by atoms with van der Waals surface area (Å²) in [6, 6.07) is 10.6. The Morgan fingerprint density at radius 1 is 1.18 bits per heavy atom. The van der Waals surface area contributed by atoms with Crippen LogP contribution in [0.2, 0.25) is 0 Å². The van der Waals surface area contributed by atoms with Crippen molar-refractivity contribution in [2.45, 2.75) is 39.3 Å². The van der Waals surface area contributed by atoms with E-state index in [4.69, 9.17) is 0 Å². The van der Waals surface area contributed by atoms with E-state index in [1.807, 2.05) is 18.2 Å². The van der Waals surface area contributed by atoms with Gasteiger partial charge in [0, 0.05) is 20.1 Å². The molecule has 0 saturated heterocycles. The highest BCUT2D eigenvalue weighted by atomic mass is 16.2. The van der Waals surface area contributed by atoms with Gasteiger partial charge < -0.3 is 15.5 Å². The van der Waals surface area contributed by atoms with Crippen LogP contribution in [0.15, 0.2) is 35.3 Å². The van der Waals surface area contributed by atoms with Gasteiger partial charge in [-0.25, -0.2) is 4.99 Å². The fraction of sp³-hybridized carbons (Fsp3) is 0.529. The monoisotopic (exact) mass is 304 g/mol. The largest absolute Gasteiger partial charge is 0.354 e. The second-order valence-corrected chi connectivity index (χ2v) is 5.68. The van der Waals surface area contributed by atoms with Crippen molar-refractivity contribution in [2.24, 2.45) is 4.99 Å². The van der Waals surface area contributed by atoms with Gasteiger partial charge in [0.2, 0.25) is 5.91 Å². The molecule has 2 unspecified atom stereocenters. The van der Waals surface area contributed by atoms with E-state index >= 15 is 0 Å². The number of amides is 1. The molecule has 1 aromatic rings. The summed E-state index contributed by atoms with van der Waals surface area (Å²) in [5, 5.41) is 6.69. The van der Waals surface area contributed by atoms with Crippen molar-refractivity contribution < 1.29 is 4.79 Å². The van der Waals surface area contributed by atoms with Gasteiger partial charge in [-0.05, 0) is 25.8 Å². The first kappa shape index (κ1) is 18.0. The number of guanidine groups is 1. The summed E-state index contributed by atoms with van der Waals surface area (Å²) < 4.78 is 0. The number of carbonyl (C=O) groups excluding carboxylic acids is 1. The molecule has 0 heterocycles. The fourth-order valence-electron chi connectivity index (χ4n) is 1.79. The molecule has 0 radical (unpaired) electrons. The highest BCUT2D eigenvalue weighted by Gasteiger charge is 2.11. The molecule has 0 bridgehead atoms. The van der Waals surface area contributed by atoms with Gasteiger partial charge in [0.1, 0.15) is 6.54 Å². The van der Waals surface area contributed by atoms with E-state index in [1.54, 1.807) is 19.0 Å². The van der Waals surface area contributed by atoms with Gasteiger partial charge in [-0.15, -0.1) is 0 Å². The van der Waals surface area contributed by atoms with Gasteiger partial charge in [-0.1, -0.05) is 37.3 Å². The molecule has 5 nitrogen and oxygen atoms in total. The van der Waals surface area contributed by atoms with Crippen LogP contribution >= 0.6 is 0 Å². The SMILES string of the molecule is CCC(C)NC(=NCC(=O)N(C)C)NC(C)c1ccccc1. The highest BCUT2D eigenvalue weighted by molar-refractivity contribution is 5.85. The topological polar surface area (TPSA) is 56.7 Å². The van der Waals surface area contributed by atoms with Crippen molar-refractivity contribution in [2.75, 3.05) is 20.6 Å². The zero-order valence-electron chi connectivity index (χ0n) is 14.3. The number of nitrogens with zero attached hydrogens (tertiary/aromatic N) is 2. The molecule has 22 heavy (non-hydrogen) atoms. The molecule has 122 valence electrons. The van der Waals surface area contributed by atoms with Crippen LogP contribution in [0, 0.1) is 0 Å². The molecule has 0 saturated carbocycles. The summed E-state index contributed by atoms with van der Waals surface area (Å²) in [6.07, 6.45) is 0.988. The molecule has 0 fully saturated rings. The van der Waals surface area contributed by atoms with Crippen molar-refractivity contribution >= 4 is 11.9 Å². The molecule has 0 aliphatic heterocycles. The summed E-state index contributed by atoms with van der Waals surface area (Å²) in [5.41, 5.74) is 1.18. The van der Waals surface area contributed by atoms with Gasteiger partial charge >= 0.3 is 0 Å². The van der Waals surface area contributed by atoms with Crippen molar-refractivity contribution in [1.82, 2.24) is 15.5 Å². The first-order valence-corrected chi connectivity index (χ1v) is 7.76. The van der Waals surface area contributed by atoms with Crippen molar-refractivity contribution in [3.8, 4) is 0 Å². The minimum absolute atomic E-state index is 0.0161. The van der Waals surface area contributed by atoms with Crippen molar-refractivity contribution in [3.05, 3.63) is 35.9 Å². The Morgan fingerprint density at radius 3 is 2.36 bits per heavy atom. The number of carbonyl (C=O) groups is 1. The smallest absolute Gasteiger partial charge is 0.243 e. The number of rotatable bonds is 6. The molecule has 2 N–H and O–H groups in total. The first-order valence-electron chi connectivity index (χ1n) is 7.76. The van der Waals surface area contributed by atoms with E-state index in [-0.39, 0.29) is 18.5 Å². The number of aliphatic imine (C=N–C) groups is 1. The Balaban J connectivity index is 2.77. The third-order valence-electron chi connectivity index (χ3n) is 3.52. The Morgan fingerprint density at radius 2 is 1.82 bits per heavy atom. The molecule has 0 spiro atoms. The van der Waals surface area contributed by atoms with Gasteiger partial charge in [0.05, 0.1) is 6.04 Å². The number of hydrogen-bond donors (Lipinski definition) is 2. The number of hydrogen-bond acceptors (Lipinski definition) is 2. The zero-order valence-corrected chi connectivity index (χ0v) is 14.3. The number of nitrogens with one attached hydrogen (secondary N) is 2. The molecule has 1 amide bonds. The highest BCUT2D eigenvalue weighted by Crippen LogP contribution is 2.10. The number of likely N-dealkylation sites (N-methyl/N-ethyl adjacent to an activating group) is 1. The molecular weight excluding hydrogens is 276 g/mol. The van der Waals surface area contributed by atoms with Crippen LogP contribution < -0.4 is 10.6 Å². The average molecular weight is 304 g/mol. The fourth-order valence-corrected chi connectivity index (χ4v) is 1.79. The minimum Gasteiger partial charge on any atom is -0.354 e. The molecule has 2 atom stereocenters. The summed E-state index contributed by atoms with van der Waals surface area (Å²) in [4.78, 5) is 17.7. The van der Waals surface area contributed by atoms with Crippen LogP contribution in [0.5, 0.6) is 0 Å². The second-order valence-electron chi connectivity index (χ2n) is 5.68. The first-order chi connectivity index (χ1) is 10.4. The summed E-state index contributed by atoms with van der Waals surface area (Å²) in [6.45, 7) is 6.43. The van der Waals surface area contributed by atoms with E-state index in [2.05, 4.69) is 48.5 Å². The molecule has 0 aliphatic carbocycles. The van der Waals surface area contributed by atoms with Gasteiger partial charge in [0.25, 0.3) is 0 Å². The van der Waals surface area contributed by atoms with Crippen LogP contribution in [0.3, 0.4) is 0 Å². The standard InChI is InChI=1S/C17H28N4O/c1-6-13(2)19-17(18-12-16(22)21(4)5)20-14(3)15-10-8-7-9-11-15/h7-11,13-14H,6,12H2,1-5H3,(H2,18,19,20). The molecule has 1 rings (SSSR count). The normalized spacial score (nSPS) is 14.1. The summed E-state index contributed by atoms with van der Waals surface area (Å²) >= 11 is 0. The maximum Gasteiger partial charge on any atom is 0.243 e. The van der Waals surface area contributed by atoms with Crippen LogP contribution in [0.1, 0.15) is 38.8 Å². The Bertz CT molecular complexity index is 485. The van der Waals surface area contributed by atoms with Crippen LogP contribution in [0.25, 0.3) is 0 Å². The molecule has 0 aromatic heterocycles. The third-order valence-corrected chi connectivity index (χ3v) is 3.52. The van der Waals surface area contributed by atoms with Gasteiger partial charge in [0.15, 0.2) is 5.96 Å². The maximum absolute atomic E-state index is 11.7. The van der Waals surface area contributed by atoms with Crippen LogP contribution in [-0.2, 0) is 4.79 Å². The van der Waals surface area contributed by atoms with E-state index in [0.29, 0.717) is 12.0 Å². The third kappa shape index (κ3) is 6.16. The van der Waals surface area contributed by atoms with Crippen molar-refractivity contribution in [1.29, 1.82) is 0 Å². The van der Waals surface area contributed by atoms with Gasteiger partial charge in [-0.3, -0.25) is 4.79 Å². The Kier molecular flexibility index (Phi) is 7.43. The second kappa shape index (κ2) is 9.07. The predicted molar refractivity (Wildman–Crippen MR) is 91.9 cm³/mol. The molecular formula is C17H28N4O. The lowest BCUT2D eigenvalue weighted by Gasteiger charge is -2.21. The quantitative estimate of drug-likeness (QED) is 0.625. The summed E-state index contributed by atoms with van der Waals surface area (Å²) in [7, 11) is 3.47. The van der Waals surface area contributed by atoms with Gasteiger partial charge in [-0.2, -0.15) is 0 Å². The zero-order chi connectivity index (χ0) is 16.5.